The molecule has 1 atom stereocenters. The van der Waals surface area contributed by atoms with E-state index in [0.29, 0.717) is 0 Å². The normalized spacial score (nSPS) is 19.6. The Hall–Kier alpha value is -2.17. The maximum absolute atomic E-state index is 14.1. The van der Waals surface area contributed by atoms with Gasteiger partial charge in [-0.05, 0) is 37.5 Å². The molecule has 1 fully saturated rings. The van der Waals surface area contributed by atoms with Gasteiger partial charge < -0.3 is 10.2 Å². The van der Waals surface area contributed by atoms with Gasteiger partial charge in [0.2, 0.25) is 5.91 Å². The standard InChI is InChI=1S/C25H33N3O/c1-18-13-19(2)15-23(14-18)20(3)27(4)24(29)25(28-11-9-26-10-12-28)16-21-7-5-6-8-22(21)17-25/h5-8,13-15,20,26H,9-12,16-17H2,1-4H3/t20-/m0/s1. The van der Waals surface area contributed by atoms with Gasteiger partial charge in [-0.2, -0.15) is 0 Å². The summed E-state index contributed by atoms with van der Waals surface area (Å²) in [6.45, 7) is 10.1. The molecule has 4 rings (SSSR count). The van der Waals surface area contributed by atoms with Crippen LogP contribution in [0.2, 0.25) is 0 Å². The van der Waals surface area contributed by atoms with Gasteiger partial charge in [0.05, 0.1) is 6.04 Å². The second kappa shape index (κ2) is 7.92. The number of nitrogens with zero attached hydrogens (tertiary/aromatic N) is 2. The van der Waals surface area contributed by atoms with E-state index in [-0.39, 0.29) is 11.9 Å². The van der Waals surface area contributed by atoms with Crippen molar-refractivity contribution >= 4 is 5.91 Å². The first-order chi connectivity index (χ1) is 13.9. The molecule has 1 N–H and O–H groups in total. The van der Waals surface area contributed by atoms with Crippen LogP contribution >= 0.6 is 0 Å². The van der Waals surface area contributed by atoms with Crippen molar-refractivity contribution in [2.24, 2.45) is 0 Å². The monoisotopic (exact) mass is 391 g/mol. The molecule has 154 valence electrons. The molecule has 4 heteroatoms. The number of nitrogens with one attached hydrogen (secondary N) is 1. The van der Waals surface area contributed by atoms with Crippen LogP contribution in [0.3, 0.4) is 0 Å². The quantitative estimate of drug-likeness (QED) is 0.869. The van der Waals surface area contributed by atoms with Gasteiger partial charge in [0.25, 0.3) is 0 Å². The van der Waals surface area contributed by atoms with Gasteiger partial charge in [-0.25, -0.2) is 0 Å². The molecule has 0 saturated carbocycles. The van der Waals surface area contributed by atoms with Crippen LogP contribution < -0.4 is 5.32 Å². The second-order valence-electron chi connectivity index (χ2n) is 8.90. The molecule has 0 radical (unpaired) electrons. The topological polar surface area (TPSA) is 35.6 Å². The number of benzene rings is 2. The fourth-order valence-electron chi connectivity index (χ4n) is 5.18. The highest BCUT2D eigenvalue weighted by atomic mass is 16.2. The Morgan fingerprint density at radius 2 is 1.59 bits per heavy atom. The van der Waals surface area contributed by atoms with Crippen molar-refractivity contribution in [3.63, 3.8) is 0 Å². The summed E-state index contributed by atoms with van der Waals surface area (Å²) in [7, 11) is 1.98. The molecule has 29 heavy (non-hydrogen) atoms. The van der Waals surface area contributed by atoms with Gasteiger partial charge in [0.15, 0.2) is 0 Å². The van der Waals surface area contributed by atoms with Gasteiger partial charge >= 0.3 is 0 Å². The first-order valence-corrected chi connectivity index (χ1v) is 10.8. The van der Waals surface area contributed by atoms with Gasteiger partial charge in [-0.3, -0.25) is 9.69 Å². The molecule has 1 amide bonds. The first-order valence-electron chi connectivity index (χ1n) is 10.8. The third kappa shape index (κ3) is 3.72. The zero-order valence-corrected chi connectivity index (χ0v) is 18.2. The highest BCUT2D eigenvalue weighted by Crippen LogP contribution is 2.38. The summed E-state index contributed by atoms with van der Waals surface area (Å²) in [4.78, 5) is 18.5. The van der Waals surface area contributed by atoms with Crippen LogP contribution in [0.1, 0.15) is 40.8 Å². The number of carbonyl (C=O) groups excluding carboxylic acids is 1. The fourth-order valence-corrected chi connectivity index (χ4v) is 5.18. The highest BCUT2D eigenvalue weighted by molar-refractivity contribution is 5.88. The van der Waals surface area contributed by atoms with Crippen LogP contribution in [0.15, 0.2) is 42.5 Å². The lowest BCUT2D eigenvalue weighted by Gasteiger charge is -2.45. The minimum atomic E-state index is -0.465. The first kappa shape index (κ1) is 20.1. The molecule has 0 aromatic heterocycles. The summed E-state index contributed by atoms with van der Waals surface area (Å²) in [5.41, 5.74) is 5.90. The largest absolute Gasteiger partial charge is 0.337 e. The average molecular weight is 392 g/mol. The van der Waals surface area contributed by atoms with Crippen LogP contribution in [0.4, 0.5) is 0 Å². The predicted octanol–water partition coefficient (Wildman–Crippen LogP) is 3.27. The molecule has 0 bridgehead atoms. The Morgan fingerprint density at radius 1 is 1.03 bits per heavy atom. The maximum atomic E-state index is 14.1. The molecular weight excluding hydrogens is 358 g/mol. The SMILES string of the molecule is Cc1cc(C)cc([C@H](C)N(C)C(=O)C2(N3CCNCC3)Cc3ccccc3C2)c1. The molecule has 1 heterocycles. The van der Waals surface area contributed by atoms with E-state index >= 15 is 0 Å². The molecule has 1 aliphatic heterocycles. The van der Waals surface area contributed by atoms with E-state index < -0.39 is 5.54 Å². The van der Waals surface area contributed by atoms with E-state index in [2.05, 4.69) is 73.5 Å². The number of aryl methyl sites for hydroxylation is 2. The summed E-state index contributed by atoms with van der Waals surface area (Å²) in [6, 6.07) is 15.2. The second-order valence-corrected chi connectivity index (χ2v) is 8.90. The van der Waals surface area contributed by atoms with Crippen LogP contribution in [-0.2, 0) is 17.6 Å². The minimum absolute atomic E-state index is 0.0459. The smallest absolute Gasteiger partial charge is 0.244 e. The number of hydrogen-bond acceptors (Lipinski definition) is 3. The lowest BCUT2D eigenvalue weighted by atomic mass is 9.89. The van der Waals surface area contributed by atoms with Crippen LogP contribution in [0.25, 0.3) is 0 Å². The van der Waals surface area contributed by atoms with Gasteiger partial charge in [-0.15, -0.1) is 0 Å². The lowest BCUT2D eigenvalue weighted by Crippen LogP contribution is -2.64. The fraction of sp³-hybridized carbons (Fsp3) is 0.480. The highest BCUT2D eigenvalue weighted by Gasteiger charge is 2.50. The predicted molar refractivity (Wildman–Crippen MR) is 118 cm³/mol. The summed E-state index contributed by atoms with van der Waals surface area (Å²) >= 11 is 0. The van der Waals surface area contributed by atoms with E-state index in [0.717, 1.165) is 39.0 Å². The van der Waals surface area contributed by atoms with E-state index in [1.54, 1.807) is 0 Å². The third-order valence-corrected chi connectivity index (χ3v) is 6.83. The number of amides is 1. The van der Waals surface area contributed by atoms with Crippen molar-refractivity contribution in [3.05, 3.63) is 70.3 Å². The number of rotatable bonds is 4. The number of hydrogen-bond donors (Lipinski definition) is 1. The number of carbonyl (C=O) groups is 1. The van der Waals surface area contributed by atoms with Crippen molar-refractivity contribution in [2.45, 2.75) is 45.2 Å². The van der Waals surface area contributed by atoms with Crippen LogP contribution in [0.5, 0.6) is 0 Å². The maximum Gasteiger partial charge on any atom is 0.244 e. The lowest BCUT2D eigenvalue weighted by molar-refractivity contribution is -0.145. The van der Waals surface area contributed by atoms with E-state index in [1.807, 2.05) is 11.9 Å². The van der Waals surface area contributed by atoms with Crippen molar-refractivity contribution in [1.29, 1.82) is 0 Å². The molecule has 2 aromatic rings. The van der Waals surface area contributed by atoms with E-state index in [4.69, 9.17) is 0 Å². The van der Waals surface area contributed by atoms with Crippen LogP contribution in [0, 0.1) is 13.8 Å². The summed E-state index contributed by atoms with van der Waals surface area (Å²) in [5, 5.41) is 3.44. The minimum Gasteiger partial charge on any atom is -0.337 e. The van der Waals surface area contributed by atoms with Crippen molar-refractivity contribution in [1.82, 2.24) is 15.1 Å². The Morgan fingerprint density at radius 3 is 2.14 bits per heavy atom. The zero-order chi connectivity index (χ0) is 20.6. The van der Waals surface area contributed by atoms with Crippen molar-refractivity contribution in [3.8, 4) is 0 Å². The Labute approximate surface area is 174 Å². The summed E-state index contributed by atoms with van der Waals surface area (Å²) in [5.74, 6) is 0.252. The van der Waals surface area contributed by atoms with Crippen LogP contribution in [-0.4, -0.2) is 54.5 Å². The van der Waals surface area contributed by atoms with Gasteiger partial charge in [-0.1, -0.05) is 53.6 Å². The molecular formula is C25H33N3O. The average Bonchev–Trinajstić information content (AvgIpc) is 3.13. The van der Waals surface area contributed by atoms with Gasteiger partial charge in [0, 0.05) is 46.1 Å². The molecule has 2 aliphatic rings. The molecule has 4 nitrogen and oxygen atoms in total. The van der Waals surface area contributed by atoms with Crippen molar-refractivity contribution < 1.29 is 4.79 Å². The number of piperazine rings is 1. The molecule has 1 aliphatic carbocycles. The van der Waals surface area contributed by atoms with Crippen molar-refractivity contribution in [2.75, 3.05) is 33.2 Å². The summed E-state index contributed by atoms with van der Waals surface area (Å²) < 4.78 is 0. The number of fused-ring (bicyclic) bond motifs is 1. The van der Waals surface area contributed by atoms with Gasteiger partial charge in [0.1, 0.15) is 5.54 Å². The van der Waals surface area contributed by atoms with E-state index in [9.17, 15) is 4.79 Å². The molecule has 2 aromatic carbocycles. The molecule has 0 spiro atoms. The zero-order valence-electron chi connectivity index (χ0n) is 18.2. The Kier molecular flexibility index (Phi) is 5.50. The Bertz CT molecular complexity index is 855. The molecule has 1 saturated heterocycles. The van der Waals surface area contributed by atoms with E-state index in [1.165, 1.54) is 27.8 Å². The number of likely N-dealkylation sites (N-methyl/N-ethyl adjacent to an activating group) is 1. The summed E-state index contributed by atoms with van der Waals surface area (Å²) in [6.07, 6.45) is 1.62. The Balaban J connectivity index is 1.66. The third-order valence-electron chi connectivity index (χ3n) is 6.83. The molecule has 0 unspecified atom stereocenters.